The van der Waals surface area contributed by atoms with Gasteiger partial charge < -0.3 is 0 Å². The molecule has 2 heteroatoms. The van der Waals surface area contributed by atoms with Crippen LogP contribution in [0.25, 0.3) is 0 Å². The van der Waals surface area contributed by atoms with E-state index in [4.69, 9.17) is 5.11 Å². The van der Waals surface area contributed by atoms with Gasteiger partial charge in [-0.25, -0.2) is 0 Å². The molecule has 2 radical (unpaired) electrons. The first-order valence-electron chi connectivity index (χ1n) is 4.21. The Morgan fingerprint density at radius 3 is 2.33 bits per heavy atom. The van der Waals surface area contributed by atoms with Crippen molar-refractivity contribution in [2.24, 2.45) is 5.92 Å². The quantitative estimate of drug-likeness (QED) is 0.829. The Morgan fingerprint density at radius 2 is 1.83 bits per heavy atom. The third kappa shape index (κ3) is 3.48. The normalized spacial score (nSPS) is 10.6. The maximum atomic E-state index is 9.05. The van der Waals surface area contributed by atoms with Gasteiger partial charge >= 0.3 is 84.0 Å². The molecular formula is C10H14OSn. The minimum atomic E-state index is -0.354. The van der Waals surface area contributed by atoms with E-state index in [0.29, 0.717) is 5.75 Å². The molecule has 0 saturated heterocycles. The fraction of sp³-hybridized carbons (Fsp3) is 0.400. The van der Waals surface area contributed by atoms with Crippen LogP contribution in [0, 0.1) is 5.92 Å². The maximum absolute atomic E-state index is 9.05. The van der Waals surface area contributed by atoms with Crippen LogP contribution in [0.5, 0.6) is 5.75 Å². The van der Waals surface area contributed by atoms with Gasteiger partial charge in [0.25, 0.3) is 0 Å². The summed E-state index contributed by atoms with van der Waals surface area (Å²) in [5.74, 6) is 1.20. The van der Waals surface area contributed by atoms with Crippen molar-refractivity contribution in [3.05, 3.63) is 24.3 Å². The molecule has 1 aromatic carbocycles. The van der Waals surface area contributed by atoms with Crippen LogP contribution in [-0.2, 0) is 0 Å². The summed E-state index contributed by atoms with van der Waals surface area (Å²) in [5, 5.41) is 9.05. The van der Waals surface area contributed by atoms with Crippen LogP contribution in [-0.4, -0.2) is 26.2 Å². The minimum absolute atomic E-state index is 0.354. The summed E-state index contributed by atoms with van der Waals surface area (Å²) in [5.41, 5.74) is 0. The van der Waals surface area contributed by atoms with E-state index < -0.39 is 0 Å². The van der Waals surface area contributed by atoms with Gasteiger partial charge in [0.15, 0.2) is 0 Å². The molecule has 1 nitrogen and oxygen atoms in total. The van der Waals surface area contributed by atoms with Crippen molar-refractivity contribution in [1.82, 2.24) is 0 Å². The van der Waals surface area contributed by atoms with Gasteiger partial charge in [-0.3, -0.25) is 0 Å². The molecule has 0 spiro atoms. The van der Waals surface area contributed by atoms with Gasteiger partial charge in [0, 0.05) is 0 Å². The number of phenols is 1. The summed E-state index contributed by atoms with van der Waals surface area (Å²) in [6, 6.07) is 7.70. The second-order valence-electron chi connectivity index (χ2n) is 3.32. The number of hydrogen-bond acceptors (Lipinski definition) is 1. The summed E-state index contributed by atoms with van der Waals surface area (Å²) in [6.45, 7) is 4.53. The SMILES string of the molecule is CC(C)[CH2][Sn][c]1ccc(O)cc1. The van der Waals surface area contributed by atoms with Crippen LogP contribution in [0.2, 0.25) is 4.44 Å². The van der Waals surface area contributed by atoms with Gasteiger partial charge in [-0.15, -0.1) is 0 Å². The van der Waals surface area contributed by atoms with Gasteiger partial charge in [0.2, 0.25) is 0 Å². The van der Waals surface area contributed by atoms with Gasteiger partial charge in [-0.05, 0) is 0 Å². The molecule has 0 unspecified atom stereocenters. The standard InChI is InChI=1S/C6H5O.C4H9.Sn/c7-6-4-2-1-3-5-6;1-4(2)3;/h2-5,7H;4H,1H2,2-3H3;. The van der Waals surface area contributed by atoms with E-state index in [2.05, 4.69) is 26.0 Å². The molecule has 0 heterocycles. The van der Waals surface area contributed by atoms with Crippen molar-refractivity contribution in [3.63, 3.8) is 0 Å². The van der Waals surface area contributed by atoms with E-state index in [1.807, 2.05) is 0 Å². The first-order valence-corrected chi connectivity index (χ1v) is 7.66. The van der Waals surface area contributed by atoms with Crippen LogP contribution in [0.3, 0.4) is 0 Å². The topological polar surface area (TPSA) is 20.2 Å². The Hall–Kier alpha value is -0.181. The number of phenolic OH excluding ortho intramolecular Hbond substituents is 1. The van der Waals surface area contributed by atoms with Crippen LogP contribution in [0.4, 0.5) is 0 Å². The summed E-state index contributed by atoms with van der Waals surface area (Å²) in [6.07, 6.45) is 0. The zero-order valence-electron chi connectivity index (χ0n) is 7.54. The van der Waals surface area contributed by atoms with E-state index >= 15 is 0 Å². The van der Waals surface area contributed by atoms with E-state index in [1.54, 1.807) is 12.1 Å². The first-order chi connectivity index (χ1) is 5.68. The number of benzene rings is 1. The molecule has 12 heavy (non-hydrogen) atoms. The number of aromatic hydroxyl groups is 1. The zero-order chi connectivity index (χ0) is 8.97. The summed E-state index contributed by atoms with van der Waals surface area (Å²) < 4.78 is 2.86. The Morgan fingerprint density at radius 1 is 1.25 bits per heavy atom. The summed E-state index contributed by atoms with van der Waals surface area (Å²) in [7, 11) is 0. The molecule has 1 aromatic rings. The number of rotatable bonds is 3. The van der Waals surface area contributed by atoms with E-state index in [9.17, 15) is 0 Å². The van der Waals surface area contributed by atoms with Gasteiger partial charge in [-0.2, -0.15) is 0 Å². The predicted octanol–water partition coefficient (Wildman–Crippen LogP) is 1.80. The average Bonchev–Trinajstić information content (AvgIpc) is 2.03. The van der Waals surface area contributed by atoms with Gasteiger partial charge in [-0.1, -0.05) is 0 Å². The molecule has 64 valence electrons. The molecule has 0 aliphatic carbocycles. The molecule has 0 aromatic heterocycles. The van der Waals surface area contributed by atoms with Crippen molar-refractivity contribution >= 4 is 24.7 Å². The fourth-order valence-corrected chi connectivity index (χ4v) is 3.89. The van der Waals surface area contributed by atoms with Crippen LogP contribution < -0.4 is 3.58 Å². The Balaban J connectivity index is 2.48. The monoisotopic (exact) mass is 270 g/mol. The van der Waals surface area contributed by atoms with E-state index in [0.717, 1.165) is 5.92 Å². The molecule has 0 aliphatic rings. The van der Waals surface area contributed by atoms with Crippen LogP contribution >= 0.6 is 0 Å². The first kappa shape index (κ1) is 9.90. The zero-order valence-corrected chi connectivity index (χ0v) is 10.4. The van der Waals surface area contributed by atoms with E-state index in [-0.39, 0.29) is 21.1 Å². The number of hydrogen-bond donors (Lipinski definition) is 1. The van der Waals surface area contributed by atoms with Crippen molar-refractivity contribution in [3.8, 4) is 5.75 Å². The third-order valence-corrected chi connectivity index (χ3v) is 6.61. The summed E-state index contributed by atoms with van der Waals surface area (Å²) >= 11 is -0.354. The molecular weight excluding hydrogens is 255 g/mol. The van der Waals surface area contributed by atoms with Crippen LogP contribution in [0.15, 0.2) is 24.3 Å². The van der Waals surface area contributed by atoms with Crippen molar-refractivity contribution < 1.29 is 5.11 Å². The van der Waals surface area contributed by atoms with Gasteiger partial charge in [0.1, 0.15) is 0 Å². The van der Waals surface area contributed by atoms with Crippen molar-refractivity contribution in [2.75, 3.05) is 0 Å². The molecule has 0 bridgehead atoms. The molecule has 1 N–H and O–H groups in total. The summed E-state index contributed by atoms with van der Waals surface area (Å²) in [4.78, 5) is 0. The van der Waals surface area contributed by atoms with E-state index in [1.165, 1.54) is 8.02 Å². The molecule has 0 saturated carbocycles. The molecule has 0 atom stereocenters. The second kappa shape index (κ2) is 4.75. The van der Waals surface area contributed by atoms with Crippen molar-refractivity contribution in [2.45, 2.75) is 18.3 Å². The fourth-order valence-electron chi connectivity index (χ4n) is 0.901. The third-order valence-electron chi connectivity index (χ3n) is 1.58. The van der Waals surface area contributed by atoms with Crippen LogP contribution in [0.1, 0.15) is 13.8 Å². The molecule has 0 fully saturated rings. The molecule has 0 amide bonds. The Labute approximate surface area is 84.0 Å². The molecule has 1 rings (SSSR count). The van der Waals surface area contributed by atoms with Crippen molar-refractivity contribution in [1.29, 1.82) is 0 Å². The molecule has 0 aliphatic heterocycles. The second-order valence-corrected chi connectivity index (χ2v) is 7.14. The Kier molecular flexibility index (Phi) is 3.92. The average molecular weight is 269 g/mol. The Bertz CT molecular complexity index is 228. The predicted molar refractivity (Wildman–Crippen MR) is 53.1 cm³/mol. The van der Waals surface area contributed by atoms with Gasteiger partial charge in [0.05, 0.1) is 0 Å².